The molecule has 160 valence electrons. The number of hydrogen-bond acceptors (Lipinski definition) is 3. The first kappa shape index (κ1) is 19.1. The summed E-state index contributed by atoms with van der Waals surface area (Å²) in [7, 11) is -3.63. The number of fused-ring (bicyclic) bond motifs is 4. The van der Waals surface area contributed by atoms with Crippen molar-refractivity contribution in [1.29, 1.82) is 0 Å². The molecule has 1 atom stereocenters. The van der Waals surface area contributed by atoms with Crippen LogP contribution in [0.5, 0.6) is 0 Å². The molecule has 2 aromatic carbocycles. The molecule has 1 amide bonds. The van der Waals surface area contributed by atoms with E-state index in [0.717, 1.165) is 30.5 Å². The van der Waals surface area contributed by atoms with Gasteiger partial charge in [-0.2, -0.15) is 4.31 Å². The summed E-state index contributed by atoms with van der Waals surface area (Å²) < 4.78 is 31.6. The smallest absolute Gasteiger partial charge is 0.243 e. The van der Waals surface area contributed by atoms with Crippen LogP contribution in [0.3, 0.4) is 0 Å². The highest BCUT2D eigenvalue weighted by atomic mass is 32.2. The Hall–Kier alpha value is -2.64. The summed E-state index contributed by atoms with van der Waals surface area (Å²) in [5, 5.41) is 4.12. The van der Waals surface area contributed by atoms with Gasteiger partial charge in [0.1, 0.15) is 0 Å². The number of anilines is 1. The molecule has 0 saturated carbocycles. The number of nitrogens with one attached hydrogen (secondary N) is 1. The summed E-state index contributed by atoms with van der Waals surface area (Å²) in [6.07, 6.45) is 3.82. The van der Waals surface area contributed by atoms with Gasteiger partial charge in [-0.25, -0.2) is 8.42 Å². The number of sulfonamides is 1. The quantitative estimate of drug-likeness (QED) is 0.663. The van der Waals surface area contributed by atoms with Crippen LogP contribution >= 0.6 is 0 Å². The van der Waals surface area contributed by atoms with Gasteiger partial charge >= 0.3 is 0 Å². The summed E-state index contributed by atoms with van der Waals surface area (Å²) in [5.74, 6) is -0.0167. The maximum Gasteiger partial charge on any atom is 0.243 e. The Morgan fingerprint density at radius 3 is 2.77 bits per heavy atom. The molecule has 0 saturated heterocycles. The maximum absolute atomic E-state index is 13.8. The summed E-state index contributed by atoms with van der Waals surface area (Å²) in [4.78, 5) is 12.0. The molecule has 6 nitrogen and oxygen atoms in total. The molecule has 2 aliphatic heterocycles. The van der Waals surface area contributed by atoms with Crippen molar-refractivity contribution in [2.75, 3.05) is 11.9 Å². The molecule has 6 rings (SSSR count). The van der Waals surface area contributed by atoms with Crippen molar-refractivity contribution in [3.8, 4) is 0 Å². The molecule has 1 N–H and O–H groups in total. The minimum Gasteiger partial charge on any atom is -0.341 e. The van der Waals surface area contributed by atoms with E-state index in [1.165, 1.54) is 27.7 Å². The van der Waals surface area contributed by atoms with E-state index in [9.17, 15) is 13.2 Å². The molecule has 3 heterocycles. The third-order valence-electron chi connectivity index (χ3n) is 7.06. The van der Waals surface area contributed by atoms with Gasteiger partial charge < -0.3 is 9.88 Å². The van der Waals surface area contributed by atoms with Crippen LogP contribution in [0.1, 0.15) is 47.7 Å². The van der Waals surface area contributed by atoms with Gasteiger partial charge in [0.25, 0.3) is 0 Å². The first-order chi connectivity index (χ1) is 14.9. The summed E-state index contributed by atoms with van der Waals surface area (Å²) in [6.45, 7) is 3.26. The number of aryl methyl sites for hydroxylation is 3. The average molecular weight is 436 g/mol. The van der Waals surface area contributed by atoms with E-state index < -0.39 is 10.0 Å². The molecule has 0 bridgehead atoms. The first-order valence-electron chi connectivity index (χ1n) is 11.0. The Morgan fingerprint density at radius 2 is 1.90 bits per heavy atom. The minimum atomic E-state index is -3.63. The van der Waals surface area contributed by atoms with Crippen LogP contribution in [0.25, 0.3) is 10.9 Å². The van der Waals surface area contributed by atoms with Crippen LogP contribution in [0.4, 0.5) is 5.69 Å². The second kappa shape index (κ2) is 6.68. The van der Waals surface area contributed by atoms with Gasteiger partial charge in [0.15, 0.2) is 0 Å². The zero-order valence-corrected chi connectivity index (χ0v) is 18.3. The number of rotatable bonds is 2. The van der Waals surface area contributed by atoms with E-state index in [4.69, 9.17) is 0 Å². The van der Waals surface area contributed by atoms with E-state index in [1.807, 2.05) is 0 Å². The zero-order valence-electron chi connectivity index (χ0n) is 17.5. The highest BCUT2D eigenvalue weighted by Crippen LogP contribution is 2.44. The van der Waals surface area contributed by atoms with Gasteiger partial charge in [-0.3, -0.25) is 4.79 Å². The van der Waals surface area contributed by atoms with E-state index in [2.05, 4.69) is 35.0 Å². The van der Waals surface area contributed by atoms with Crippen molar-refractivity contribution >= 4 is 32.5 Å². The Kier molecular flexibility index (Phi) is 4.11. The van der Waals surface area contributed by atoms with Crippen LogP contribution in [-0.2, 0) is 34.2 Å². The Balaban J connectivity index is 1.44. The molecule has 0 fully saturated rings. The fraction of sp³-hybridized carbons (Fsp3) is 0.375. The topological polar surface area (TPSA) is 71.4 Å². The molecule has 31 heavy (non-hydrogen) atoms. The van der Waals surface area contributed by atoms with Crippen molar-refractivity contribution in [1.82, 2.24) is 8.87 Å². The SMILES string of the molecule is Cc1ccc2c(c1)c1c3n2CCN(S(=O)(=O)c2ccc4c(c2)CCC(=O)N4)C3CCC1. The van der Waals surface area contributed by atoms with Crippen molar-refractivity contribution < 1.29 is 13.2 Å². The average Bonchev–Trinajstić information content (AvgIpc) is 3.08. The van der Waals surface area contributed by atoms with Gasteiger partial charge in [-0.05, 0) is 74.1 Å². The van der Waals surface area contributed by atoms with Crippen LogP contribution in [0.15, 0.2) is 41.3 Å². The second-order valence-electron chi connectivity index (χ2n) is 8.93. The van der Waals surface area contributed by atoms with E-state index in [1.54, 1.807) is 22.5 Å². The lowest BCUT2D eigenvalue weighted by Crippen LogP contribution is -2.43. The summed E-state index contributed by atoms with van der Waals surface area (Å²) in [5.41, 5.74) is 6.59. The Morgan fingerprint density at radius 1 is 1.03 bits per heavy atom. The number of amides is 1. The van der Waals surface area contributed by atoms with Crippen LogP contribution in [0.2, 0.25) is 0 Å². The van der Waals surface area contributed by atoms with Gasteiger partial charge in [-0.15, -0.1) is 0 Å². The lowest BCUT2D eigenvalue weighted by molar-refractivity contribution is -0.116. The fourth-order valence-electron chi connectivity index (χ4n) is 5.63. The predicted molar refractivity (Wildman–Crippen MR) is 120 cm³/mol. The molecule has 0 spiro atoms. The van der Waals surface area contributed by atoms with Gasteiger partial charge in [0.2, 0.25) is 15.9 Å². The Bertz CT molecular complexity index is 1360. The number of carbonyl (C=O) groups excluding carboxylic acids is 1. The zero-order chi connectivity index (χ0) is 21.3. The highest BCUT2D eigenvalue weighted by Gasteiger charge is 2.41. The third-order valence-corrected chi connectivity index (χ3v) is 8.96. The predicted octanol–water partition coefficient (Wildman–Crippen LogP) is 3.92. The molecule has 0 radical (unpaired) electrons. The monoisotopic (exact) mass is 435 g/mol. The Labute approximate surface area is 181 Å². The van der Waals surface area contributed by atoms with Gasteiger partial charge in [0, 0.05) is 41.8 Å². The molecular formula is C24H25N3O3S. The highest BCUT2D eigenvalue weighted by molar-refractivity contribution is 7.89. The summed E-state index contributed by atoms with van der Waals surface area (Å²) in [6, 6.07) is 11.6. The van der Waals surface area contributed by atoms with E-state index >= 15 is 0 Å². The molecular weight excluding hydrogens is 410 g/mol. The minimum absolute atomic E-state index is 0.0167. The van der Waals surface area contributed by atoms with Gasteiger partial charge in [-0.1, -0.05) is 11.6 Å². The number of hydrogen-bond donors (Lipinski definition) is 1. The largest absolute Gasteiger partial charge is 0.341 e. The number of benzene rings is 2. The molecule has 7 heteroatoms. The third kappa shape index (κ3) is 2.79. The van der Waals surface area contributed by atoms with E-state index in [-0.39, 0.29) is 11.9 Å². The second-order valence-corrected chi connectivity index (χ2v) is 10.8. The molecule has 1 aromatic heterocycles. The normalized spacial score (nSPS) is 20.9. The standard InChI is InChI=1S/C24H25N3O3S/c1-15-5-9-21-19(13-15)18-3-2-4-22-24(18)26(21)11-12-27(22)31(29,30)17-7-8-20-16(14-17)6-10-23(28)25-20/h5,7-9,13-14,22H,2-4,6,10-12H2,1H3,(H,25,28). The van der Waals surface area contributed by atoms with Crippen LogP contribution in [0, 0.1) is 6.92 Å². The van der Waals surface area contributed by atoms with Crippen LogP contribution in [-0.4, -0.2) is 29.7 Å². The lowest BCUT2D eigenvalue weighted by Gasteiger charge is -2.39. The number of carbonyl (C=O) groups is 1. The molecule has 1 unspecified atom stereocenters. The lowest BCUT2D eigenvalue weighted by atomic mass is 9.90. The fourth-order valence-corrected chi connectivity index (χ4v) is 7.29. The summed E-state index contributed by atoms with van der Waals surface area (Å²) >= 11 is 0. The van der Waals surface area contributed by atoms with Crippen molar-refractivity contribution in [3.05, 3.63) is 58.8 Å². The molecule has 3 aromatic rings. The van der Waals surface area contributed by atoms with Gasteiger partial charge in [0.05, 0.1) is 10.9 Å². The maximum atomic E-state index is 13.8. The van der Waals surface area contributed by atoms with Crippen molar-refractivity contribution in [3.63, 3.8) is 0 Å². The van der Waals surface area contributed by atoms with Crippen molar-refractivity contribution in [2.24, 2.45) is 0 Å². The first-order valence-corrected chi connectivity index (χ1v) is 12.4. The van der Waals surface area contributed by atoms with Crippen molar-refractivity contribution in [2.45, 2.75) is 56.5 Å². The number of aromatic nitrogens is 1. The number of nitrogens with zero attached hydrogens (tertiary/aromatic N) is 2. The van der Waals surface area contributed by atoms with Crippen LogP contribution < -0.4 is 5.32 Å². The molecule has 3 aliphatic rings. The van der Waals surface area contributed by atoms with E-state index in [0.29, 0.717) is 30.8 Å². The molecule has 1 aliphatic carbocycles.